The third kappa shape index (κ3) is 3.07. The van der Waals surface area contributed by atoms with Crippen molar-refractivity contribution in [1.29, 1.82) is 0 Å². The number of rotatable bonds is 0. The minimum Gasteiger partial charge on any atom is -0.255 e. The zero-order valence-corrected chi connectivity index (χ0v) is 6.86. The molecule has 0 bridgehead atoms. The van der Waals surface area contributed by atoms with Crippen LogP contribution in [0.15, 0.2) is 12.3 Å². The van der Waals surface area contributed by atoms with Crippen LogP contribution in [0.3, 0.4) is 0 Å². The average Bonchev–Trinajstić information content (AvgIpc) is 2.02. The van der Waals surface area contributed by atoms with Crippen LogP contribution in [-0.2, 0) is 0 Å². The van der Waals surface area contributed by atoms with E-state index in [4.69, 9.17) is 0 Å². The quantitative estimate of drug-likeness (QED) is 0.567. The van der Waals surface area contributed by atoms with E-state index in [1.54, 1.807) is 0 Å². The Morgan fingerprint density at radius 2 is 1.82 bits per heavy atom. The van der Waals surface area contributed by atoms with Gasteiger partial charge in [-0.15, -0.1) is 0 Å². The first kappa shape index (κ1) is 10.0. The van der Waals surface area contributed by atoms with Gasteiger partial charge in [-0.3, -0.25) is 4.98 Å². The molecule has 0 fully saturated rings. The van der Waals surface area contributed by atoms with Gasteiger partial charge in [0.25, 0.3) is 0 Å². The monoisotopic (exact) mass is 159 g/mol. The maximum Gasteiger partial charge on any atom is 0.147 e. The molecule has 11 heavy (non-hydrogen) atoms. The fourth-order valence-electron chi connectivity index (χ4n) is 0.483. The Balaban J connectivity index is 0.000000461. The Bertz CT molecular complexity index is 223. The zero-order chi connectivity index (χ0) is 8.85. The second-order valence-electron chi connectivity index (χ2n) is 1.72. The molecule has 0 saturated heterocycles. The highest BCUT2D eigenvalue weighted by molar-refractivity contribution is 5.05. The number of halogens is 2. The molecule has 0 aliphatic carbocycles. The van der Waals surface area contributed by atoms with E-state index in [9.17, 15) is 8.78 Å². The lowest BCUT2D eigenvalue weighted by Crippen LogP contribution is -1.87. The van der Waals surface area contributed by atoms with Gasteiger partial charge in [-0.25, -0.2) is 8.78 Å². The highest BCUT2D eigenvalue weighted by atomic mass is 19.1. The largest absolute Gasteiger partial charge is 0.255 e. The van der Waals surface area contributed by atoms with Gasteiger partial charge in [-0.05, 0) is 6.92 Å². The molecular weight excluding hydrogens is 148 g/mol. The number of hydrogen-bond donors (Lipinski definition) is 0. The fraction of sp³-hybridized carbons (Fsp3) is 0.375. The van der Waals surface area contributed by atoms with E-state index in [2.05, 4.69) is 4.98 Å². The van der Waals surface area contributed by atoms with Crippen LogP contribution < -0.4 is 0 Å². The molecule has 0 radical (unpaired) electrons. The van der Waals surface area contributed by atoms with Gasteiger partial charge >= 0.3 is 0 Å². The molecule has 1 nitrogen and oxygen atoms in total. The van der Waals surface area contributed by atoms with Crippen molar-refractivity contribution in [2.45, 2.75) is 20.8 Å². The molecule has 0 aliphatic rings. The minimum absolute atomic E-state index is 0.219. The lowest BCUT2D eigenvalue weighted by molar-refractivity contribution is 0.565. The molecule has 0 atom stereocenters. The Hall–Kier alpha value is -0.990. The fourth-order valence-corrected chi connectivity index (χ4v) is 0.483. The molecule has 1 aromatic rings. The maximum absolute atomic E-state index is 12.3. The molecule has 0 aromatic carbocycles. The second-order valence-corrected chi connectivity index (χ2v) is 1.72. The summed E-state index contributed by atoms with van der Waals surface area (Å²) < 4.78 is 24.3. The highest BCUT2D eigenvalue weighted by Gasteiger charge is 1.97. The molecule has 0 spiro atoms. The number of aryl methyl sites for hydroxylation is 1. The summed E-state index contributed by atoms with van der Waals surface area (Å²) in [4.78, 5) is 3.43. The lowest BCUT2D eigenvalue weighted by atomic mass is 10.4. The van der Waals surface area contributed by atoms with Crippen LogP contribution in [-0.4, -0.2) is 4.98 Å². The number of nitrogens with zero attached hydrogens (tertiary/aromatic N) is 1. The maximum atomic E-state index is 12.3. The molecule has 1 aromatic heterocycles. The highest BCUT2D eigenvalue weighted by Crippen LogP contribution is 2.02. The predicted molar refractivity (Wildman–Crippen MR) is 40.2 cm³/mol. The van der Waals surface area contributed by atoms with Crippen LogP contribution in [0.1, 0.15) is 19.5 Å². The van der Waals surface area contributed by atoms with Crippen molar-refractivity contribution in [2.75, 3.05) is 0 Å². The smallest absolute Gasteiger partial charge is 0.147 e. The summed E-state index contributed by atoms with van der Waals surface area (Å²) in [6.45, 7) is 5.48. The van der Waals surface area contributed by atoms with Gasteiger partial charge < -0.3 is 0 Å². The summed E-state index contributed by atoms with van der Waals surface area (Å²) >= 11 is 0. The molecule has 0 saturated carbocycles. The summed E-state index contributed by atoms with van der Waals surface area (Å²) in [6.07, 6.45) is 0.985. The second kappa shape index (κ2) is 4.77. The molecular formula is C8H11F2N. The van der Waals surface area contributed by atoms with E-state index >= 15 is 0 Å². The first-order valence-corrected chi connectivity index (χ1v) is 3.48. The Kier molecular flexibility index (Phi) is 4.34. The first-order valence-electron chi connectivity index (χ1n) is 3.48. The van der Waals surface area contributed by atoms with Gasteiger partial charge in [-0.2, -0.15) is 0 Å². The molecule has 0 amide bonds. The standard InChI is InChI=1S/C6H5F2N.C2H6/c1-4-6(8)2-5(7)3-9-4;1-2/h2-3H,1H3;1-2H3. The van der Waals surface area contributed by atoms with Crippen molar-refractivity contribution >= 4 is 0 Å². The third-order valence-electron chi connectivity index (χ3n) is 0.992. The number of hydrogen-bond acceptors (Lipinski definition) is 1. The Labute approximate surface area is 65.1 Å². The van der Waals surface area contributed by atoms with E-state index in [0.717, 1.165) is 12.3 Å². The summed E-state index contributed by atoms with van der Waals surface area (Å²) in [6, 6.07) is 0.808. The molecule has 1 heterocycles. The van der Waals surface area contributed by atoms with Crippen molar-refractivity contribution in [1.82, 2.24) is 4.98 Å². The SMILES string of the molecule is CC.Cc1ncc(F)cc1F. The minimum atomic E-state index is -0.641. The van der Waals surface area contributed by atoms with Crippen LogP contribution in [0, 0.1) is 18.6 Å². The normalized spacial score (nSPS) is 8.45. The Morgan fingerprint density at radius 1 is 1.27 bits per heavy atom. The van der Waals surface area contributed by atoms with Crippen molar-refractivity contribution in [3.05, 3.63) is 29.6 Å². The average molecular weight is 159 g/mol. The third-order valence-corrected chi connectivity index (χ3v) is 0.992. The van der Waals surface area contributed by atoms with Crippen molar-refractivity contribution in [3.63, 3.8) is 0 Å². The van der Waals surface area contributed by atoms with Crippen molar-refractivity contribution in [2.24, 2.45) is 0 Å². The van der Waals surface area contributed by atoms with Crippen LogP contribution in [0.2, 0.25) is 0 Å². The topological polar surface area (TPSA) is 12.9 Å². The first-order chi connectivity index (χ1) is 5.20. The van der Waals surface area contributed by atoms with Gasteiger partial charge in [0.1, 0.15) is 11.6 Å². The summed E-state index contributed by atoms with van der Waals surface area (Å²) in [5.74, 6) is -1.24. The molecule has 62 valence electrons. The summed E-state index contributed by atoms with van der Waals surface area (Å²) in [5, 5.41) is 0. The van der Waals surface area contributed by atoms with Crippen LogP contribution in [0.25, 0.3) is 0 Å². The van der Waals surface area contributed by atoms with Crippen molar-refractivity contribution < 1.29 is 8.78 Å². The van der Waals surface area contributed by atoms with E-state index in [-0.39, 0.29) is 5.69 Å². The Morgan fingerprint density at radius 3 is 2.18 bits per heavy atom. The number of aromatic nitrogens is 1. The van der Waals surface area contributed by atoms with Gasteiger partial charge in [-0.1, -0.05) is 13.8 Å². The van der Waals surface area contributed by atoms with Crippen LogP contribution >= 0.6 is 0 Å². The van der Waals surface area contributed by atoms with Crippen LogP contribution in [0.4, 0.5) is 8.78 Å². The van der Waals surface area contributed by atoms with Gasteiger partial charge in [0, 0.05) is 6.07 Å². The molecule has 3 heteroatoms. The van der Waals surface area contributed by atoms with E-state index in [0.29, 0.717) is 0 Å². The van der Waals surface area contributed by atoms with Gasteiger partial charge in [0.05, 0.1) is 11.9 Å². The molecule has 0 aliphatic heterocycles. The number of pyridine rings is 1. The van der Waals surface area contributed by atoms with Crippen molar-refractivity contribution in [3.8, 4) is 0 Å². The zero-order valence-electron chi connectivity index (χ0n) is 6.86. The molecule has 1 rings (SSSR count). The lowest BCUT2D eigenvalue weighted by Gasteiger charge is -1.91. The van der Waals surface area contributed by atoms with E-state index in [1.165, 1.54) is 6.92 Å². The molecule has 0 unspecified atom stereocenters. The van der Waals surface area contributed by atoms with E-state index < -0.39 is 11.6 Å². The van der Waals surface area contributed by atoms with E-state index in [1.807, 2.05) is 13.8 Å². The summed E-state index contributed by atoms with van der Waals surface area (Å²) in [7, 11) is 0. The molecule has 0 N–H and O–H groups in total. The summed E-state index contributed by atoms with van der Waals surface area (Å²) in [5.41, 5.74) is 0.219. The van der Waals surface area contributed by atoms with Gasteiger partial charge in [0.2, 0.25) is 0 Å². The van der Waals surface area contributed by atoms with Crippen LogP contribution in [0.5, 0.6) is 0 Å². The van der Waals surface area contributed by atoms with Gasteiger partial charge in [0.15, 0.2) is 0 Å². The predicted octanol–water partition coefficient (Wildman–Crippen LogP) is 2.69.